The molecule has 0 aliphatic carbocycles. The van der Waals surface area contributed by atoms with Crippen LogP contribution < -0.4 is 0 Å². The molecule has 1 saturated heterocycles. The maximum Gasteiger partial charge on any atom is 0.183 e. The molecule has 0 saturated carbocycles. The fourth-order valence-corrected chi connectivity index (χ4v) is 1.87. The minimum Gasteiger partial charge on any atom is -0.387 e. The number of ether oxygens (including phenoxy) is 1. The van der Waals surface area contributed by atoms with Crippen LogP contribution in [0, 0.1) is 0 Å². The van der Waals surface area contributed by atoms with Gasteiger partial charge in [-0.05, 0) is 6.66 Å². The highest BCUT2D eigenvalue weighted by molar-refractivity contribution is 7.44. The third kappa shape index (κ3) is 2.53. The lowest BCUT2D eigenvalue weighted by Crippen LogP contribution is -2.33. The van der Waals surface area contributed by atoms with Gasteiger partial charge in [-0.1, -0.05) is 0 Å². The molecule has 1 aliphatic heterocycles. The normalized spacial score (nSPS) is 42.4. The number of rotatable bonds is 3. The summed E-state index contributed by atoms with van der Waals surface area (Å²) < 4.78 is 15.7. The Morgan fingerprint density at radius 3 is 2.29 bits per heavy atom. The highest BCUT2D eigenvalue weighted by Gasteiger charge is 2.42. The van der Waals surface area contributed by atoms with Crippen LogP contribution >= 0.6 is 7.80 Å². The molecule has 14 heavy (non-hydrogen) atoms. The van der Waals surface area contributed by atoms with E-state index in [0.717, 1.165) is 0 Å². The topological polar surface area (TPSA) is 107 Å². The first-order valence-electron chi connectivity index (χ1n) is 4.31. The fourth-order valence-electron chi connectivity index (χ4n) is 1.31. The minimum atomic E-state index is -2.11. The molecule has 4 N–H and O–H groups in total. The molecular weight excluding hydrogens is 211 g/mol. The average molecular weight is 226 g/mol. The van der Waals surface area contributed by atoms with Crippen LogP contribution in [-0.2, 0) is 9.30 Å². The van der Waals surface area contributed by atoms with E-state index in [4.69, 9.17) is 14.9 Å². The van der Waals surface area contributed by atoms with Gasteiger partial charge in [0.15, 0.2) is 6.29 Å². The molecule has 0 radical (unpaired) electrons. The molecule has 0 amide bonds. The quantitative estimate of drug-likeness (QED) is 0.428. The van der Waals surface area contributed by atoms with Gasteiger partial charge in [0.1, 0.15) is 25.9 Å². The first kappa shape index (κ1) is 12.1. The van der Waals surface area contributed by atoms with Crippen LogP contribution in [0.3, 0.4) is 0 Å². The molecule has 6 nitrogen and oxygen atoms in total. The molecule has 1 aliphatic rings. The smallest absolute Gasteiger partial charge is 0.183 e. The summed E-state index contributed by atoms with van der Waals surface area (Å²) in [6.07, 6.45) is -4.98. The van der Waals surface area contributed by atoms with E-state index >= 15 is 0 Å². The number of aliphatic hydroxyl groups excluding tert-OH is 4. The molecule has 0 spiro atoms. The van der Waals surface area contributed by atoms with E-state index < -0.39 is 38.2 Å². The van der Waals surface area contributed by atoms with Crippen molar-refractivity contribution in [2.75, 3.05) is 6.66 Å². The van der Waals surface area contributed by atoms with Gasteiger partial charge in [-0.3, -0.25) is 0 Å². The maximum absolute atomic E-state index is 10.9. The number of hydrogen-bond acceptors (Lipinski definition) is 6. The Labute approximate surface area is 81.9 Å². The summed E-state index contributed by atoms with van der Waals surface area (Å²) in [4.78, 5) is 0. The first-order chi connectivity index (χ1) is 6.43. The highest BCUT2D eigenvalue weighted by Crippen LogP contribution is 2.30. The molecule has 1 heterocycles. The van der Waals surface area contributed by atoms with Gasteiger partial charge in [0, 0.05) is 6.42 Å². The van der Waals surface area contributed by atoms with E-state index in [9.17, 15) is 14.8 Å². The molecule has 7 heteroatoms. The van der Waals surface area contributed by atoms with Crippen LogP contribution in [0.25, 0.3) is 0 Å². The van der Waals surface area contributed by atoms with E-state index in [0.29, 0.717) is 0 Å². The third-order valence-electron chi connectivity index (χ3n) is 2.26. The van der Waals surface area contributed by atoms with Crippen molar-refractivity contribution < 1.29 is 29.7 Å². The lowest BCUT2D eigenvalue weighted by molar-refractivity contribution is -0.129. The maximum atomic E-state index is 10.9. The highest BCUT2D eigenvalue weighted by atomic mass is 31.1. The van der Waals surface area contributed by atoms with E-state index in [1.54, 1.807) is 0 Å². The Balaban J connectivity index is 2.51. The largest absolute Gasteiger partial charge is 0.387 e. The SMILES string of the molecule is C[PH](=O)C(O)C[C@H]1O[C@@H](O)[C@H](O)[C@@H]1O. The predicted molar refractivity (Wildman–Crippen MR) is 48.4 cm³/mol. The second-order valence-corrected chi connectivity index (χ2v) is 5.30. The molecule has 6 atom stereocenters. The summed E-state index contributed by atoms with van der Waals surface area (Å²) in [7, 11) is -2.11. The van der Waals surface area contributed by atoms with Crippen LogP contribution in [0.5, 0.6) is 0 Å². The molecular formula is C7H15O6P. The standard InChI is InChI=1S/C7H15O6P/c1-14(12)4(8)2-3-5(9)6(10)7(11)13-3/h3-11,14H,2H2,1H3/t3-,4?,5-,6-,7-/m1/s1. The number of aliphatic hydroxyl groups is 4. The van der Waals surface area contributed by atoms with Gasteiger partial charge in [-0.25, -0.2) is 0 Å². The summed E-state index contributed by atoms with van der Waals surface area (Å²) >= 11 is 0. The zero-order valence-corrected chi connectivity index (χ0v) is 8.70. The van der Waals surface area contributed by atoms with Crippen molar-refractivity contribution in [1.29, 1.82) is 0 Å². The second-order valence-electron chi connectivity index (χ2n) is 3.41. The first-order valence-corrected chi connectivity index (χ1v) is 6.30. The van der Waals surface area contributed by atoms with Gasteiger partial charge in [0.05, 0.1) is 6.10 Å². The van der Waals surface area contributed by atoms with Crippen molar-refractivity contribution >= 4 is 7.80 Å². The van der Waals surface area contributed by atoms with Crippen molar-refractivity contribution in [1.82, 2.24) is 0 Å². The molecule has 0 aromatic rings. The fraction of sp³-hybridized carbons (Fsp3) is 1.00. The lowest BCUT2D eigenvalue weighted by atomic mass is 10.1. The van der Waals surface area contributed by atoms with Gasteiger partial charge >= 0.3 is 0 Å². The second kappa shape index (κ2) is 4.70. The van der Waals surface area contributed by atoms with Crippen molar-refractivity contribution in [3.05, 3.63) is 0 Å². The summed E-state index contributed by atoms with van der Waals surface area (Å²) in [5.41, 5.74) is 0. The predicted octanol–water partition coefficient (Wildman–Crippen LogP) is -1.68. The Kier molecular flexibility index (Phi) is 4.06. The molecule has 0 bridgehead atoms. The van der Waals surface area contributed by atoms with Gasteiger partial charge in [-0.15, -0.1) is 0 Å². The van der Waals surface area contributed by atoms with E-state index in [1.807, 2.05) is 0 Å². The zero-order valence-electron chi connectivity index (χ0n) is 7.70. The average Bonchev–Trinajstić information content (AvgIpc) is 2.33. The molecule has 1 fully saturated rings. The molecule has 84 valence electrons. The Morgan fingerprint density at radius 1 is 1.36 bits per heavy atom. The molecule has 1 rings (SSSR count). The summed E-state index contributed by atoms with van der Waals surface area (Å²) in [6.45, 7) is 1.39. The van der Waals surface area contributed by atoms with E-state index in [1.165, 1.54) is 6.66 Å². The molecule has 0 aromatic carbocycles. The summed E-state index contributed by atoms with van der Waals surface area (Å²) in [6, 6.07) is 0. The van der Waals surface area contributed by atoms with Crippen molar-refractivity contribution in [3.8, 4) is 0 Å². The van der Waals surface area contributed by atoms with Crippen LogP contribution in [0.2, 0.25) is 0 Å². The number of hydrogen-bond donors (Lipinski definition) is 4. The Morgan fingerprint density at radius 2 is 1.93 bits per heavy atom. The third-order valence-corrected chi connectivity index (χ3v) is 3.44. The van der Waals surface area contributed by atoms with Crippen molar-refractivity contribution in [2.45, 2.75) is 36.9 Å². The molecule has 2 unspecified atom stereocenters. The van der Waals surface area contributed by atoms with Crippen LogP contribution in [0.1, 0.15) is 6.42 Å². The lowest BCUT2D eigenvalue weighted by Gasteiger charge is -2.16. The van der Waals surface area contributed by atoms with E-state index in [2.05, 4.69) is 0 Å². The van der Waals surface area contributed by atoms with Crippen molar-refractivity contribution in [3.63, 3.8) is 0 Å². The Bertz CT molecular complexity index is 222. The summed E-state index contributed by atoms with van der Waals surface area (Å²) in [5.74, 6) is -1.06. The van der Waals surface area contributed by atoms with Gasteiger partial charge in [0.25, 0.3) is 0 Å². The van der Waals surface area contributed by atoms with Gasteiger partial charge < -0.3 is 29.7 Å². The Hall–Kier alpha value is 0.0300. The van der Waals surface area contributed by atoms with Crippen molar-refractivity contribution in [2.24, 2.45) is 0 Å². The van der Waals surface area contributed by atoms with E-state index in [-0.39, 0.29) is 6.42 Å². The van der Waals surface area contributed by atoms with Gasteiger partial charge in [0.2, 0.25) is 0 Å². The zero-order chi connectivity index (χ0) is 10.9. The minimum absolute atomic E-state index is 0.0520. The monoisotopic (exact) mass is 226 g/mol. The van der Waals surface area contributed by atoms with Crippen LogP contribution in [0.15, 0.2) is 0 Å². The van der Waals surface area contributed by atoms with Gasteiger partial charge in [-0.2, -0.15) is 0 Å². The summed E-state index contributed by atoms with van der Waals surface area (Å²) in [5, 5.41) is 36.7. The van der Waals surface area contributed by atoms with Crippen LogP contribution in [0.4, 0.5) is 0 Å². The molecule has 0 aromatic heterocycles. The van der Waals surface area contributed by atoms with Crippen LogP contribution in [-0.4, -0.2) is 57.5 Å².